The van der Waals surface area contributed by atoms with Crippen molar-refractivity contribution < 1.29 is 4.79 Å². The van der Waals surface area contributed by atoms with Crippen molar-refractivity contribution in [1.29, 1.82) is 0 Å². The standard InChI is InChI=1S/C16H22N2O.ClH/c1-10-4-11(2)15(12(3)5-10)16(19)18-8-13-6-17-7-14(13)9-18;/h4-5,13-14,17H,6-9H2,1-3H3;1H/t13-,14+;. The summed E-state index contributed by atoms with van der Waals surface area (Å²) in [5.41, 5.74) is 4.36. The lowest BCUT2D eigenvalue weighted by atomic mass is 9.99. The molecule has 3 nitrogen and oxygen atoms in total. The van der Waals surface area contributed by atoms with Crippen LogP contribution in [0.25, 0.3) is 0 Å². The van der Waals surface area contributed by atoms with E-state index in [9.17, 15) is 4.79 Å². The fraction of sp³-hybridized carbons (Fsp3) is 0.562. The number of carbonyl (C=O) groups is 1. The maximum absolute atomic E-state index is 12.7. The number of likely N-dealkylation sites (tertiary alicyclic amines) is 1. The van der Waals surface area contributed by atoms with E-state index in [-0.39, 0.29) is 18.3 Å². The van der Waals surface area contributed by atoms with Crippen molar-refractivity contribution in [1.82, 2.24) is 10.2 Å². The molecule has 0 radical (unpaired) electrons. The maximum atomic E-state index is 12.7. The smallest absolute Gasteiger partial charge is 0.254 e. The number of benzene rings is 1. The van der Waals surface area contributed by atoms with Gasteiger partial charge in [0.05, 0.1) is 0 Å². The van der Waals surface area contributed by atoms with Crippen molar-refractivity contribution in [3.63, 3.8) is 0 Å². The minimum atomic E-state index is 0. The minimum Gasteiger partial charge on any atom is -0.338 e. The van der Waals surface area contributed by atoms with Crippen LogP contribution in [0.3, 0.4) is 0 Å². The Balaban J connectivity index is 0.00000147. The van der Waals surface area contributed by atoms with Crippen LogP contribution in [0.5, 0.6) is 0 Å². The SMILES string of the molecule is Cc1cc(C)c(C(=O)N2C[C@H]3CNC[C@H]3C2)c(C)c1.Cl. The van der Waals surface area contributed by atoms with Crippen molar-refractivity contribution in [2.24, 2.45) is 11.8 Å². The summed E-state index contributed by atoms with van der Waals surface area (Å²) in [6.45, 7) is 10.2. The Bertz CT molecular complexity index is 494. The van der Waals surface area contributed by atoms with Gasteiger partial charge in [0.1, 0.15) is 0 Å². The maximum Gasteiger partial charge on any atom is 0.254 e. The number of fused-ring (bicyclic) bond motifs is 1. The van der Waals surface area contributed by atoms with Crippen LogP contribution in [0, 0.1) is 32.6 Å². The van der Waals surface area contributed by atoms with Gasteiger partial charge < -0.3 is 10.2 Å². The Morgan fingerprint density at radius 1 is 1.10 bits per heavy atom. The Hall–Kier alpha value is -1.06. The normalized spacial score (nSPS) is 24.4. The molecule has 1 aromatic rings. The van der Waals surface area contributed by atoms with E-state index in [2.05, 4.69) is 29.3 Å². The Labute approximate surface area is 127 Å². The van der Waals surface area contributed by atoms with Crippen LogP contribution in [0.4, 0.5) is 0 Å². The molecule has 2 aliphatic rings. The Morgan fingerprint density at radius 3 is 2.10 bits per heavy atom. The molecule has 1 aromatic carbocycles. The van der Waals surface area contributed by atoms with E-state index in [0.29, 0.717) is 11.8 Å². The summed E-state index contributed by atoms with van der Waals surface area (Å²) in [4.78, 5) is 14.8. The van der Waals surface area contributed by atoms with Crippen molar-refractivity contribution >= 4 is 18.3 Å². The average Bonchev–Trinajstić information content (AvgIpc) is 2.86. The minimum absolute atomic E-state index is 0. The third kappa shape index (κ3) is 2.57. The highest BCUT2D eigenvalue weighted by Gasteiger charge is 2.38. The topological polar surface area (TPSA) is 32.3 Å². The lowest BCUT2D eigenvalue weighted by Gasteiger charge is -2.20. The van der Waals surface area contributed by atoms with Gasteiger partial charge in [-0.1, -0.05) is 17.7 Å². The summed E-state index contributed by atoms with van der Waals surface area (Å²) in [6, 6.07) is 4.22. The number of amides is 1. The van der Waals surface area contributed by atoms with Gasteiger partial charge in [-0.05, 0) is 43.7 Å². The highest BCUT2D eigenvalue weighted by atomic mass is 35.5. The van der Waals surface area contributed by atoms with Crippen LogP contribution in [-0.4, -0.2) is 37.0 Å². The Kier molecular flexibility index (Phi) is 4.40. The van der Waals surface area contributed by atoms with E-state index in [0.717, 1.165) is 42.9 Å². The van der Waals surface area contributed by atoms with E-state index in [4.69, 9.17) is 0 Å². The van der Waals surface area contributed by atoms with Gasteiger partial charge in [-0.2, -0.15) is 0 Å². The fourth-order valence-corrected chi connectivity index (χ4v) is 3.70. The molecule has 0 aromatic heterocycles. The van der Waals surface area contributed by atoms with Crippen LogP contribution in [0.1, 0.15) is 27.0 Å². The second-order valence-electron chi connectivity index (χ2n) is 6.16. The highest BCUT2D eigenvalue weighted by molar-refractivity contribution is 5.97. The molecule has 2 heterocycles. The molecule has 0 unspecified atom stereocenters. The summed E-state index contributed by atoms with van der Waals surface area (Å²) in [6.07, 6.45) is 0. The molecule has 2 aliphatic heterocycles. The second kappa shape index (κ2) is 5.74. The molecule has 2 fully saturated rings. The summed E-state index contributed by atoms with van der Waals surface area (Å²) >= 11 is 0. The molecule has 110 valence electrons. The van der Waals surface area contributed by atoms with Crippen molar-refractivity contribution in [3.8, 4) is 0 Å². The van der Waals surface area contributed by atoms with E-state index in [1.165, 1.54) is 5.56 Å². The molecule has 2 atom stereocenters. The van der Waals surface area contributed by atoms with E-state index in [1.54, 1.807) is 0 Å². The molecule has 3 rings (SSSR count). The summed E-state index contributed by atoms with van der Waals surface area (Å²) in [5.74, 6) is 1.55. The molecule has 2 saturated heterocycles. The van der Waals surface area contributed by atoms with Gasteiger partial charge in [-0.3, -0.25) is 4.79 Å². The molecule has 0 aliphatic carbocycles. The lowest BCUT2D eigenvalue weighted by Crippen LogP contribution is -2.32. The number of nitrogens with one attached hydrogen (secondary N) is 1. The monoisotopic (exact) mass is 294 g/mol. The molecular weight excluding hydrogens is 272 g/mol. The summed E-state index contributed by atoms with van der Waals surface area (Å²) < 4.78 is 0. The predicted octanol–water partition coefficient (Wildman–Crippen LogP) is 2.33. The van der Waals surface area contributed by atoms with Gasteiger partial charge in [-0.15, -0.1) is 12.4 Å². The number of carbonyl (C=O) groups excluding carboxylic acids is 1. The highest BCUT2D eigenvalue weighted by Crippen LogP contribution is 2.28. The quantitative estimate of drug-likeness (QED) is 0.862. The zero-order chi connectivity index (χ0) is 13.6. The molecule has 0 spiro atoms. The first-order valence-corrected chi connectivity index (χ1v) is 7.14. The zero-order valence-corrected chi connectivity index (χ0v) is 13.2. The number of hydrogen-bond acceptors (Lipinski definition) is 2. The first kappa shape index (κ1) is 15.3. The van der Waals surface area contributed by atoms with Gasteiger partial charge in [-0.25, -0.2) is 0 Å². The van der Waals surface area contributed by atoms with Gasteiger partial charge >= 0.3 is 0 Å². The molecular formula is C16H23ClN2O. The fourth-order valence-electron chi connectivity index (χ4n) is 3.70. The number of aryl methyl sites for hydroxylation is 3. The molecule has 4 heteroatoms. The number of rotatable bonds is 1. The summed E-state index contributed by atoms with van der Waals surface area (Å²) in [7, 11) is 0. The molecule has 20 heavy (non-hydrogen) atoms. The van der Waals surface area contributed by atoms with E-state index >= 15 is 0 Å². The van der Waals surface area contributed by atoms with Gasteiger partial charge in [0, 0.05) is 31.7 Å². The zero-order valence-electron chi connectivity index (χ0n) is 12.4. The molecule has 0 saturated carbocycles. The van der Waals surface area contributed by atoms with E-state index in [1.807, 2.05) is 13.8 Å². The van der Waals surface area contributed by atoms with E-state index < -0.39 is 0 Å². The Morgan fingerprint density at radius 2 is 1.60 bits per heavy atom. The van der Waals surface area contributed by atoms with Crippen LogP contribution < -0.4 is 5.32 Å². The van der Waals surface area contributed by atoms with Crippen molar-refractivity contribution in [3.05, 3.63) is 34.4 Å². The van der Waals surface area contributed by atoms with Gasteiger partial charge in [0.15, 0.2) is 0 Å². The van der Waals surface area contributed by atoms with Crippen LogP contribution in [0.15, 0.2) is 12.1 Å². The summed E-state index contributed by atoms with van der Waals surface area (Å²) in [5, 5.41) is 3.42. The van der Waals surface area contributed by atoms with Crippen LogP contribution in [0.2, 0.25) is 0 Å². The largest absolute Gasteiger partial charge is 0.338 e. The number of hydrogen-bond donors (Lipinski definition) is 1. The lowest BCUT2D eigenvalue weighted by molar-refractivity contribution is 0.0780. The first-order chi connectivity index (χ1) is 9.06. The van der Waals surface area contributed by atoms with Crippen molar-refractivity contribution in [2.75, 3.05) is 26.2 Å². The van der Waals surface area contributed by atoms with Gasteiger partial charge in [0.25, 0.3) is 5.91 Å². The number of halogens is 1. The molecule has 1 amide bonds. The molecule has 1 N–H and O–H groups in total. The van der Waals surface area contributed by atoms with Gasteiger partial charge in [0.2, 0.25) is 0 Å². The predicted molar refractivity (Wildman–Crippen MR) is 83.7 cm³/mol. The number of nitrogens with zero attached hydrogens (tertiary/aromatic N) is 1. The third-order valence-corrected chi connectivity index (χ3v) is 4.57. The second-order valence-corrected chi connectivity index (χ2v) is 6.16. The van der Waals surface area contributed by atoms with Crippen LogP contribution in [-0.2, 0) is 0 Å². The van der Waals surface area contributed by atoms with Crippen molar-refractivity contribution in [2.45, 2.75) is 20.8 Å². The average molecular weight is 295 g/mol. The first-order valence-electron chi connectivity index (χ1n) is 7.14. The third-order valence-electron chi connectivity index (χ3n) is 4.57. The van der Waals surface area contributed by atoms with Crippen LogP contribution >= 0.6 is 12.4 Å². The molecule has 0 bridgehead atoms.